The van der Waals surface area contributed by atoms with Gasteiger partial charge < -0.3 is 10.1 Å². The van der Waals surface area contributed by atoms with Gasteiger partial charge >= 0.3 is 0 Å². The van der Waals surface area contributed by atoms with E-state index in [-0.39, 0.29) is 11.7 Å². The van der Waals surface area contributed by atoms with E-state index in [1.54, 1.807) is 6.07 Å². The average molecular weight is 238 g/mol. The van der Waals surface area contributed by atoms with Gasteiger partial charge in [0.05, 0.1) is 18.0 Å². The molecule has 3 nitrogen and oxygen atoms in total. The highest BCUT2D eigenvalue weighted by atomic mass is 19.1. The van der Waals surface area contributed by atoms with Gasteiger partial charge in [0.15, 0.2) is 0 Å². The fourth-order valence-corrected chi connectivity index (χ4v) is 1.95. The maximum Gasteiger partial charge on any atom is 0.144 e. The van der Waals surface area contributed by atoms with Crippen molar-refractivity contribution in [2.75, 3.05) is 13.2 Å². The van der Waals surface area contributed by atoms with Gasteiger partial charge in [-0.1, -0.05) is 13.8 Å². The monoisotopic (exact) mass is 238 g/mol. The standard InChI is InChI=1S/C13H19FN2O/c1-9(2)13-12(14)4-3-10(16-13)7-15-11-5-6-17-8-11/h3-4,9,11,15H,5-8H2,1-2H3/t11-/m0/s1. The van der Waals surface area contributed by atoms with Crippen molar-refractivity contribution in [3.63, 3.8) is 0 Å². The minimum Gasteiger partial charge on any atom is -0.380 e. The number of nitrogens with one attached hydrogen (secondary N) is 1. The van der Waals surface area contributed by atoms with Gasteiger partial charge in [-0.3, -0.25) is 4.98 Å². The van der Waals surface area contributed by atoms with Crippen LogP contribution < -0.4 is 5.32 Å². The molecule has 4 heteroatoms. The molecule has 2 heterocycles. The normalized spacial score (nSPS) is 20.1. The Morgan fingerprint density at radius 2 is 2.35 bits per heavy atom. The van der Waals surface area contributed by atoms with Gasteiger partial charge in [0.25, 0.3) is 0 Å². The molecule has 0 aromatic carbocycles. The summed E-state index contributed by atoms with van der Waals surface area (Å²) in [5.41, 5.74) is 1.44. The molecule has 0 saturated carbocycles. The summed E-state index contributed by atoms with van der Waals surface area (Å²) >= 11 is 0. The van der Waals surface area contributed by atoms with Crippen LogP contribution in [0.2, 0.25) is 0 Å². The van der Waals surface area contributed by atoms with Crippen molar-refractivity contribution in [3.05, 3.63) is 29.3 Å². The summed E-state index contributed by atoms with van der Waals surface area (Å²) in [7, 11) is 0. The van der Waals surface area contributed by atoms with Gasteiger partial charge in [-0.2, -0.15) is 0 Å². The van der Waals surface area contributed by atoms with E-state index >= 15 is 0 Å². The summed E-state index contributed by atoms with van der Waals surface area (Å²) in [5, 5.41) is 3.37. The van der Waals surface area contributed by atoms with E-state index in [1.165, 1.54) is 6.07 Å². The van der Waals surface area contributed by atoms with Gasteiger partial charge in [0, 0.05) is 19.2 Å². The lowest BCUT2D eigenvalue weighted by atomic mass is 10.1. The summed E-state index contributed by atoms with van der Waals surface area (Å²) in [6.45, 7) is 6.17. The summed E-state index contributed by atoms with van der Waals surface area (Å²) in [4.78, 5) is 4.35. The maximum atomic E-state index is 13.5. The number of halogens is 1. The number of hydrogen-bond donors (Lipinski definition) is 1. The van der Waals surface area contributed by atoms with E-state index in [4.69, 9.17) is 4.74 Å². The smallest absolute Gasteiger partial charge is 0.144 e. The van der Waals surface area contributed by atoms with Crippen LogP contribution in [0.5, 0.6) is 0 Å². The van der Waals surface area contributed by atoms with E-state index in [2.05, 4.69) is 10.3 Å². The highest BCUT2D eigenvalue weighted by molar-refractivity contribution is 5.16. The Balaban J connectivity index is 1.98. The minimum absolute atomic E-state index is 0.116. The lowest BCUT2D eigenvalue weighted by Crippen LogP contribution is -2.29. The molecule has 94 valence electrons. The Morgan fingerprint density at radius 3 is 3.00 bits per heavy atom. The molecular formula is C13H19FN2O. The second-order valence-corrected chi connectivity index (χ2v) is 4.77. The first kappa shape index (κ1) is 12.5. The Hall–Kier alpha value is -1.00. The Labute approximate surface area is 101 Å². The quantitative estimate of drug-likeness (QED) is 0.873. The van der Waals surface area contributed by atoms with Gasteiger partial charge in [-0.05, 0) is 24.5 Å². The number of rotatable bonds is 4. The molecule has 2 rings (SSSR count). The molecule has 0 unspecified atom stereocenters. The van der Waals surface area contributed by atoms with Crippen molar-refractivity contribution in [2.45, 2.75) is 38.8 Å². The van der Waals surface area contributed by atoms with Crippen molar-refractivity contribution in [1.82, 2.24) is 10.3 Å². The molecule has 1 aromatic rings. The number of nitrogens with zero attached hydrogens (tertiary/aromatic N) is 1. The van der Waals surface area contributed by atoms with Crippen LogP contribution in [0.4, 0.5) is 4.39 Å². The fraction of sp³-hybridized carbons (Fsp3) is 0.615. The molecule has 17 heavy (non-hydrogen) atoms. The third-order valence-corrected chi connectivity index (χ3v) is 2.98. The van der Waals surface area contributed by atoms with E-state index in [0.29, 0.717) is 18.3 Å². The van der Waals surface area contributed by atoms with Crippen molar-refractivity contribution < 1.29 is 9.13 Å². The highest BCUT2D eigenvalue weighted by Crippen LogP contribution is 2.16. The van der Waals surface area contributed by atoms with E-state index in [0.717, 1.165) is 25.3 Å². The maximum absolute atomic E-state index is 13.5. The van der Waals surface area contributed by atoms with Crippen LogP contribution in [-0.2, 0) is 11.3 Å². The molecule has 0 aliphatic carbocycles. The first-order chi connectivity index (χ1) is 8.16. The van der Waals surface area contributed by atoms with Crippen LogP contribution in [0.1, 0.15) is 37.6 Å². The zero-order chi connectivity index (χ0) is 12.3. The zero-order valence-electron chi connectivity index (χ0n) is 10.4. The summed E-state index contributed by atoms with van der Waals surface area (Å²) < 4.78 is 18.7. The van der Waals surface area contributed by atoms with Crippen LogP contribution in [0.15, 0.2) is 12.1 Å². The largest absolute Gasteiger partial charge is 0.380 e. The van der Waals surface area contributed by atoms with Gasteiger partial charge in [0.1, 0.15) is 5.82 Å². The van der Waals surface area contributed by atoms with Gasteiger partial charge in [-0.15, -0.1) is 0 Å². The minimum atomic E-state index is -0.215. The topological polar surface area (TPSA) is 34.2 Å². The summed E-state index contributed by atoms with van der Waals surface area (Å²) in [5.74, 6) is -0.0993. The lowest BCUT2D eigenvalue weighted by molar-refractivity contribution is 0.189. The lowest BCUT2D eigenvalue weighted by Gasteiger charge is -2.12. The molecular weight excluding hydrogens is 219 g/mol. The van der Waals surface area contributed by atoms with Crippen LogP contribution >= 0.6 is 0 Å². The molecule has 1 saturated heterocycles. The molecule has 0 spiro atoms. The molecule has 1 aliphatic rings. The second-order valence-electron chi connectivity index (χ2n) is 4.77. The number of pyridine rings is 1. The van der Waals surface area contributed by atoms with E-state index in [1.807, 2.05) is 13.8 Å². The zero-order valence-corrected chi connectivity index (χ0v) is 10.4. The van der Waals surface area contributed by atoms with Crippen molar-refractivity contribution in [2.24, 2.45) is 0 Å². The van der Waals surface area contributed by atoms with Crippen LogP contribution in [0, 0.1) is 5.82 Å². The van der Waals surface area contributed by atoms with Gasteiger partial charge in [-0.25, -0.2) is 4.39 Å². The molecule has 0 bridgehead atoms. The molecule has 1 atom stereocenters. The van der Waals surface area contributed by atoms with Crippen LogP contribution in [-0.4, -0.2) is 24.2 Å². The fourth-order valence-electron chi connectivity index (χ4n) is 1.95. The SMILES string of the molecule is CC(C)c1nc(CN[C@H]2CCOC2)ccc1F. The van der Waals surface area contributed by atoms with Crippen molar-refractivity contribution in [3.8, 4) is 0 Å². The third-order valence-electron chi connectivity index (χ3n) is 2.98. The van der Waals surface area contributed by atoms with Crippen LogP contribution in [0.25, 0.3) is 0 Å². The first-order valence-corrected chi connectivity index (χ1v) is 6.13. The van der Waals surface area contributed by atoms with Crippen molar-refractivity contribution >= 4 is 0 Å². The Morgan fingerprint density at radius 1 is 1.53 bits per heavy atom. The highest BCUT2D eigenvalue weighted by Gasteiger charge is 2.15. The summed E-state index contributed by atoms with van der Waals surface area (Å²) in [6.07, 6.45) is 1.04. The molecule has 0 amide bonds. The molecule has 1 aliphatic heterocycles. The molecule has 1 N–H and O–H groups in total. The summed E-state index contributed by atoms with van der Waals surface area (Å²) in [6, 6.07) is 3.65. The number of ether oxygens (including phenoxy) is 1. The Kier molecular flexibility index (Phi) is 4.07. The van der Waals surface area contributed by atoms with Crippen LogP contribution in [0.3, 0.4) is 0 Å². The number of aromatic nitrogens is 1. The first-order valence-electron chi connectivity index (χ1n) is 6.13. The second kappa shape index (κ2) is 5.56. The van der Waals surface area contributed by atoms with Gasteiger partial charge in [0.2, 0.25) is 0 Å². The predicted molar refractivity (Wildman–Crippen MR) is 64.3 cm³/mol. The van der Waals surface area contributed by atoms with Crippen molar-refractivity contribution in [1.29, 1.82) is 0 Å². The predicted octanol–water partition coefficient (Wildman–Crippen LogP) is 2.22. The number of hydrogen-bond acceptors (Lipinski definition) is 3. The molecule has 1 aromatic heterocycles. The van der Waals surface area contributed by atoms with E-state index < -0.39 is 0 Å². The molecule has 0 radical (unpaired) electrons. The third kappa shape index (κ3) is 3.23. The average Bonchev–Trinajstić information content (AvgIpc) is 2.80. The Bertz CT molecular complexity index is 376. The molecule has 1 fully saturated rings. The van der Waals surface area contributed by atoms with E-state index in [9.17, 15) is 4.39 Å².